The molecule has 1 aliphatic heterocycles. The Labute approximate surface area is 166 Å². The molecule has 1 heterocycles. The molecule has 1 atom stereocenters. The summed E-state index contributed by atoms with van der Waals surface area (Å²) in [5.41, 5.74) is 2.74. The van der Waals surface area contributed by atoms with Gasteiger partial charge in [0, 0.05) is 32.7 Å². The molecule has 3 rings (SSSR count). The highest BCUT2D eigenvalue weighted by molar-refractivity contribution is 5.81. The van der Waals surface area contributed by atoms with E-state index in [4.69, 9.17) is 10.00 Å². The molecule has 1 unspecified atom stereocenters. The fourth-order valence-corrected chi connectivity index (χ4v) is 3.39. The van der Waals surface area contributed by atoms with Crippen LogP contribution in [0.15, 0.2) is 67.3 Å². The quantitative estimate of drug-likeness (QED) is 0.698. The number of hydrogen-bond acceptors (Lipinski definition) is 4. The molecule has 1 fully saturated rings. The molecule has 0 aliphatic carbocycles. The minimum atomic E-state index is -0.489. The van der Waals surface area contributed by atoms with Gasteiger partial charge in [-0.05, 0) is 23.3 Å². The number of morpholine rings is 1. The van der Waals surface area contributed by atoms with E-state index in [9.17, 15) is 4.79 Å². The molecule has 1 aliphatic rings. The van der Waals surface area contributed by atoms with Crippen LogP contribution in [0.1, 0.15) is 16.7 Å². The summed E-state index contributed by atoms with van der Waals surface area (Å²) >= 11 is 0. The summed E-state index contributed by atoms with van der Waals surface area (Å²) in [5.74, 6) is -0.0416. The van der Waals surface area contributed by atoms with Crippen LogP contribution in [0.5, 0.6) is 0 Å². The van der Waals surface area contributed by atoms with E-state index in [1.165, 1.54) is 5.56 Å². The maximum Gasteiger partial charge on any atom is 0.253 e. The SMILES string of the molecule is C=CCN(Cc1cccc(C#N)c1)C(=O)C1CN(Cc2ccccc2)CCO1. The van der Waals surface area contributed by atoms with Crippen molar-refractivity contribution in [1.29, 1.82) is 5.26 Å². The molecule has 28 heavy (non-hydrogen) atoms. The van der Waals surface area contributed by atoms with Crippen LogP contribution in [0.4, 0.5) is 0 Å². The van der Waals surface area contributed by atoms with Crippen molar-refractivity contribution in [1.82, 2.24) is 9.80 Å². The number of benzene rings is 2. The summed E-state index contributed by atoms with van der Waals surface area (Å²) in [5, 5.41) is 9.09. The van der Waals surface area contributed by atoms with Crippen LogP contribution in [0, 0.1) is 11.3 Å². The average molecular weight is 375 g/mol. The number of nitrogens with zero attached hydrogens (tertiary/aromatic N) is 3. The molecule has 5 nitrogen and oxygen atoms in total. The summed E-state index contributed by atoms with van der Waals surface area (Å²) in [6.07, 6.45) is 1.23. The Morgan fingerprint density at radius 1 is 1.25 bits per heavy atom. The van der Waals surface area contributed by atoms with Crippen LogP contribution in [0.2, 0.25) is 0 Å². The molecular formula is C23H25N3O2. The number of nitriles is 1. The first-order valence-corrected chi connectivity index (χ1v) is 9.46. The summed E-state index contributed by atoms with van der Waals surface area (Å²) in [4.78, 5) is 17.1. The van der Waals surface area contributed by atoms with Crippen molar-refractivity contribution in [3.8, 4) is 6.07 Å². The lowest BCUT2D eigenvalue weighted by Gasteiger charge is -2.35. The van der Waals surface area contributed by atoms with Crippen LogP contribution in [-0.4, -0.2) is 48.1 Å². The van der Waals surface area contributed by atoms with Gasteiger partial charge < -0.3 is 9.64 Å². The Morgan fingerprint density at radius 3 is 2.79 bits per heavy atom. The second kappa shape index (κ2) is 9.84. The molecule has 2 aromatic rings. The zero-order valence-corrected chi connectivity index (χ0v) is 16.0. The predicted octanol–water partition coefficient (Wildman–Crippen LogP) is 2.97. The second-order valence-corrected chi connectivity index (χ2v) is 6.90. The van der Waals surface area contributed by atoms with Gasteiger partial charge in [0.25, 0.3) is 5.91 Å². The summed E-state index contributed by atoms with van der Waals surface area (Å²) in [6.45, 7) is 7.37. The van der Waals surface area contributed by atoms with Crippen molar-refractivity contribution < 1.29 is 9.53 Å². The van der Waals surface area contributed by atoms with E-state index in [0.29, 0.717) is 31.8 Å². The van der Waals surface area contributed by atoms with Gasteiger partial charge in [0.05, 0.1) is 18.2 Å². The van der Waals surface area contributed by atoms with Crippen molar-refractivity contribution in [3.05, 3.63) is 83.9 Å². The number of carbonyl (C=O) groups excluding carboxylic acids is 1. The van der Waals surface area contributed by atoms with Crippen LogP contribution in [0.25, 0.3) is 0 Å². The number of amides is 1. The number of hydrogen-bond donors (Lipinski definition) is 0. The van der Waals surface area contributed by atoms with E-state index >= 15 is 0 Å². The standard InChI is InChI=1S/C23H25N3O2/c1-2-11-26(17-21-10-6-9-20(14-21)15-24)23(27)22-18-25(12-13-28-22)16-19-7-4-3-5-8-19/h2-10,14,22H,1,11-13,16-18H2. The maximum absolute atomic E-state index is 13.1. The third-order valence-electron chi connectivity index (χ3n) is 4.77. The molecule has 0 spiro atoms. The zero-order chi connectivity index (χ0) is 19.8. The largest absolute Gasteiger partial charge is 0.366 e. The fraction of sp³-hybridized carbons (Fsp3) is 0.304. The van der Waals surface area contributed by atoms with Gasteiger partial charge >= 0.3 is 0 Å². The Kier molecular flexibility index (Phi) is 6.96. The highest BCUT2D eigenvalue weighted by Crippen LogP contribution is 2.15. The van der Waals surface area contributed by atoms with Crippen molar-refractivity contribution >= 4 is 5.91 Å². The van der Waals surface area contributed by atoms with E-state index in [1.54, 1.807) is 17.0 Å². The minimum Gasteiger partial charge on any atom is -0.366 e. The van der Waals surface area contributed by atoms with Crippen molar-refractivity contribution in [2.45, 2.75) is 19.2 Å². The summed E-state index contributed by atoms with van der Waals surface area (Å²) in [6, 6.07) is 19.7. The first-order chi connectivity index (χ1) is 13.7. The van der Waals surface area contributed by atoms with Gasteiger partial charge in [-0.25, -0.2) is 0 Å². The van der Waals surface area contributed by atoms with Gasteiger partial charge in [0.15, 0.2) is 0 Å². The normalized spacial score (nSPS) is 16.9. The van der Waals surface area contributed by atoms with E-state index < -0.39 is 6.10 Å². The Bertz CT molecular complexity index is 844. The number of carbonyl (C=O) groups is 1. The van der Waals surface area contributed by atoms with Crippen LogP contribution in [0.3, 0.4) is 0 Å². The van der Waals surface area contributed by atoms with Gasteiger partial charge in [-0.3, -0.25) is 9.69 Å². The van der Waals surface area contributed by atoms with Crippen molar-refractivity contribution in [3.63, 3.8) is 0 Å². The molecular weight excluding hydrogens is 350 g/mol. The van der Waals surface area contributed by atoms with E-state index in [0.717, 1.165) is 18.7 Å². The van der Waals surface area contributed by atoms with Crippen LogP contribution in [-0.2, 0) is 22.6 Å². The van der Waals surface area contributed by atoms with Gasteiger partial charge in [0.1, 0.15) is 6.10 Å². The van der Waals surface area contributed by atoms with Crippen molar-refractivity contribution in [2.75, 3.05) is 26.2 Å². The number of ether oxygens (including phenoxy) is 1. The van der Waals surface area contributed by atoms with Gasteiger partial charge in [-0.1, -0.05) is 48.5 Å². The van der Waals surface area contributed by atoms with Gasteiger partial charge in [-0.15, -0.1) is 6.58 Å². The van der Waals surface area contributed by atoms with Crippen LogP contribution >= 0.6 is 0 Å². The molecule has 144 valence electrons. The lowest BCUT2D eigenvalue weighted by molar-refractivity contribution is -0.149. The highest BCUT2D eigenvalue weighted by atomic mass is 16.5. The first kappa shape index (κ1) is 19.8. The molecule has 0 radical (unpaired) electrons. The van der Waals surface area contributed by atoms with Gasteiger partial charge in [-0.2, -0.15) is 5.26 Å². The molecule has 0 N–H and O–H groups in total. The van der Waals surface area contributed by atoms with E-state index in [1.807, 2.05) is 36.4 Å². The summed E-state index contributed by atoms with van der Waals surface area (Å²) in [7, 11) is 0. The summed E-state index contributed by atoms with van der Waals surface area (Å²) < 4.78 is 5.80. The molecule has 1 amide bonds. The fourth-order valence-electron chi connectivity index (χ4n) is 3.39. The third-order valence-corrected chi connectivity index (χ3v) is 4.77. The van der Waals surface area contributed by atoms with Crippen LogP contribution < -0.4 is 0 Å². The Morgan fingerprint density at radius 2 is 2.04 bits per heavy atom. The minimum absolute atomic E-state index is 0.0416. The number of rotatable bonds is 7. The highest BCUT2D eigenvalue weighted by Gasteiger charge is 2.30. The molecule has 0 saturated carbocycles. The predicted molar refractivity (Wildman–Crippen MR) is 108 cm³/mol. The average Bonchev–Trinajstić information content (AvgIpc) is 2.74. The molecule has 1 saturated heterocycles. The lowest BCUT2D eigenvalue weighted by atomic mass is 10.1. The topological polar surface area (TPSA) is 56.6 Å². The van der Waals surface area contributed by atoms with Crippen molar-refractivity contribution in [2.24, 2.45) is 0 Å². The smallest absolute Gasteiger partial charge is 0.253 e. The molecule has 0 aromatic heterocycles. The monoisotopic (exact) mass is 375 g/mol. The molecule has 5 heteroatoms. The Hall–Kier alpha value is -2.94. The third kappa shape index (κ3) is 5.29. The van der Waals surface area contributed by atoms with E-state index in [2.05, 4.69) is 29.7 Å². The van der Waals surface area contributed by atoms with E-state index in [-0.39, 0.29) is 5.91 Å². The molecule has 2 aromatic carbocycles. The lowest BCUT2D eigenvalue weighted by Crippen LogP contribution is -2.50. The zero-order valence-electron chi connectivity index (χ0n) is 16.0. The second-order valence-electron chi connectivity index (χ2n) is 6.90. The molecule has 0 bridgehead atoms. The maximum atomic E-state index is 13.1. The first-order valence-electron chi connectivity index (χ1n) is 9.46. The Balaban J connectivity index is 1.66. The van der Waals surface area contributed by atoms with Gasteiger partial charge in [0.2, 0.25) is 0 Å².